The smallest absolute Gasteiger partial charge is 0.124 e. The SMILES string of the molecule is Cc1nc(CN(C)c2ccc(Br)cc2C(=N)N)cs1. The molecule has 0 amide bonds. The lowest BCUT2D eigenvalue weighted by atomic mass is 10.1. The van der Waals surface area contributed by atoms with E-state index < -0.39 is 0 Å². The van der Waals surface area contributed by atoms with Gasteiger partial charge in [0, 0.05) is 28.2 Å². The van der Waals surface area contributed by atoms with E-state index in [1.54, 1.807) is 11.3 Å². The summed E-state index contributed by atoms with van der Waals surface area (Å²) in [5.74, 6) is 0.0672. The zero-order valence-electron chi connectivity index (χ0n) is 10.8. The molecule has 19 heavy (non-hydrogen) atoms. The predicted octanol–water partition coefficient (Wildman–Crippen LogP) is 3.13. The summed E-state index contributed by atoms with van der Waals surface area (Å²) in [6.45, 7) is 2.70. The van der Waals surface area contributed by atoms with Crippen LogP contribution >= 0.6 is 27.3 Å². The highest BCUT2D eigenvalue weighted by atomic mass is 79.9. The lowest BCUT2D eigenvalue weighted by molar-refractivity contribution is 0.888. The van der Waals surface area contributed by atoms with E-state index in [-0.39, 0.29) is 5.84 Å². The second-order valence-corrected chi connectivity index (χ2v) is 6.27. The Bertz CT molecular complexity index is 608. The Morgan fingerprint density at radius 2 is 2.26 bits per heavy atom. The first-order chi connectivity index (χ1) is 8.97. The van der Waals surface area contributed by atoms with Crippen LogP contribution in [-0.4, -0.2) is 17.9 Å². The summed E-state index contributed by atoms with van der Waals surface area (Å²) in [5, 5.41) is 10.8. The van der Waals surface area contributed by atoms with E-state index in [1.807, 2.05) is 32.2 Å². The number of aromatic nitrogens is 1. The number of benzene rings is 1. The van der Waals surface area contributed by atoms with E-state index in [2.05, 4.69) is 31.2 Å². The number of anilines is 1. The summed E-state index contributed by atoms with van der Waals surface area (Å²) in [7, 11) is 1.98. The van der Waals surface area contributed by atoms with Crippen LogP contribution in [0.3, 0.4) is 0 Å². The standard InChI is InChI=1S/C13H15BrN4S/c1-8-17-10(7-19-8)6-18(2)12-4-3-9(14)5-11(12)13(15)16/h3-5,7H,6H2,1-2H3,(H3,15,16). The number of hydrogen-bond donors (Lipinski definition) is 2. The van der Waals surface area contributed by atoms with Gasteiger partial charge in [-0.25, -0.2) is 4.98 Å². The molecule has 0 aliphatic heterocycles. The van der Waals surface area contributed by atoms with E-state index in [0.717, 1.165) is 26.4 Å². The number of nitrogens with one attached hydrogen (secondary N) is 1. The van der Waals surface area contributed by atoms with Crippen LogP contribution in [0.25, 0.3) is 0 Å². The van der Waals surface area contributed by atoms with Gasteiger partial charge in [-0.15, -0.1) is 11.3 Å². The van der Waals surface area contributed by atoms with Gasteiger partial charge in [0.25, 0.3) is 0 Å². The third-order valence-corrected chi connectivity index (χ3v) is 4.04. The summed E-state index contributed by atoms with van der Waals surface area (Å²) in [6.07, 6.45) is 0. The van der Waals surface area contributed by atoms with Crippen LogP contribution in [0, 0.1) is 12.3 Å². The minimum Gasteiger partial charge on any atom is -0.384 e. The number of thiazole rings is 1. The minimum absolute atomic E-state index is 0.0672. The first-order valence-corrected chi connectivity index (χ1v) is 7.40. The van der Waals surface area contributed by atoms with Crippen molar-refractivity contribution in [3.63, 3.8) is 0 Å². The van der Waals surface area contributed by atoms with E-state index >= 15 is 0 Å². The topological polar surface area (TPSA) is 66.0 Å². The molecule has 100 valence electrons. The van der Waals surface area contributed by atoms with Crippen molar-refractivity contribution >= 4 is 38.8 Å². The number of nitrogen functional groups attached to an aromatic ring is 1. The van der Waals surface area contributed by atoms with Crippen LogP contribution in [0.15, 0.2) is 28.1 Å². The largest absolute Gasteiger partial charge is 0.384 e. The molecule has 0 atom stereocenters. The number of hydrogen-bond acceptors (Lipinski definition) is 4. The number of rotatable bonds is 4. The monoisotopic (exact) mass is 338 g/mol. The Morgan fingerprint density at radius 1 is 1.53 bits per heavy atom. The number of amidine groups is 1. The Labute approximate surface area is 124 Å². The Balaban J connectivity index is 2.28. The fourth-order valence-electron chi connectivity index (χ4n) is 1.87. The van der Waals surface area contributed by atoms with E-state index in [0.29, 0.717) is 6.54 Å². The molecule has 0 aliphatic rings. The van der Waals surface area contributed by atoms with Crippen LogP contribution in [0.5, 0.6) is 0 Å². The molecule has 4 nitrogen and oxygen atoms in total. The third-order valence-electron chi connectivity index (χ3n) is 2.73. The van der Waals surface area contributed by atoms with Gasteiger partial charge in [-0.05, 0) is 25.1 Å². The van der Waals surface area contributed by atoms with Crippen LogP contribution in [-0.2, 0) is 6.54 Å². The molecular formula is C13H15BrN4S. The summed E-state index contributed by atoms with van der Waals surface area (Å²) >= 11 is 5.04. The fourth-order valence-corrected chi connectivity index (χ4v) is 2.83. The van der Waals surface area contributed by atoms with Crippen LogP contribution in [0.4, 0.5) is 5.69 Å². The van der Waals surface area contributed by atoms with E-state index in [4.69, 9.17) is 11.1 Å². The molecule has 0 radical (unpaired) electrons. The minimum atomic E-state index is 0.0672. The first kappa shape index (κ1) is 14.0. The number of aryl methyl sites for hydroxylation is 1. The van der Waals surface area contributed by atoms with Gasteiger partial charge in [-0.3, -0.25) is 5.41 Å². The lowest BCUT2D eigenvalue weighted by Crippen LogP contribution is -2.22. The molecule has 0 saturated carbocycles. The Kier molecular flexibility index (Phi) is 4.21. The van der Waals surface area contributed by atoms with Gasteiger partial charge in [0.15, 0.2) is 0 Å². The molecule has 1 aromatic heterocycles. The molecule has 2 aromatic rings. The molecule has 0 fully saturated rings. The predicted molar refractivity (Wildman–Crippen MR) is 84.1 cm³/mol. The number of nitrogens with zero attached hydrogens (tertiary/aromatic N) is 2. The summed E-state index contributed by atoms with van der Waals surface area (Å²) in [4.78, 5) is 6.50. The maximum absolute atomic E-state index is 7.67. The van der Waals surface area contributed by atoms with Crippen molar-refractivity contribution in [1.29, 1.82) is 5.41 Å². The van der Waals surface area contributed by atoms with Crippen molar-refractivity contribution < 1.29 is 0 Å². The first-order valence-electron chi connectivity index (χ1n) is 5.73. The van der Waals surface area contributed by atoms with Gasteiger partial charge in [0.1, 0.15) is 5.84 Å². The second kappa shape index (κ2) is 5.71. The molecule has 3 N–H and O–H groups in total. The average molecular weight is 339 g/mol. The molecular weight excluding hydrogens is 324 g/mol. The third kappa shape index (κ3) is 3.33. The van der Waals surface area contributed by atoms with Crippen molar-refractivity contribution in [1.82, 2.24) is 4.98 Å². The molecule has 0 spiro atoms. The Hall–Kier alpha value is -1.40. The highest BCUT2D eigenvalue weighted by Gasteiger charge is 2.12. The van der Waals surface area contributed by atoms with Gasteiger partial charge < -0.3 is 10.6 Å². The van der Waals surface area contributed by atoms with Crippen molar-refractivity contribution in [3.05, 3.63) is 44.3 Å². The lowest BCUT2D eigenvalue weighted by Gasteiger charge is -2.21. The van der Waals surface area contributed by atoms with Crippen molar-refractivity contribution in [2.45, 2.75) is 13.5 Å². The molecule has 6 heteroatoms. The van der Waals surface area contributed by atoms with Crippen molar-refractivity contribution in [2.75, 3.05) is 11.9 Å². The van der Waals surface area contributed by atoms with Crippen molar-refractivity contribution in [3.8, 4) is 0 Å². The van der Waals surface area contributed by atoms with Gasteiger partial charge in [-0.2, -0.15) is 0 Å². The molecule has 1 aromatic carbocycles. The molecule has 2 rings (SSSR count). The zero-order valence-corrected chi connectivity index (χ0v) is 13.2. The van der Waals surface area contributed by atoms with Gasteiger partial charge in [0.05, 0.1) is 17.2 Å². The van der Waals surface area contributed by atoms with Gasteiger partial charge in [0.2, 0.25) is 0 Å². The van der Waals surface area contributed by atoms with Crippen molar-refractivity contribution in [2.24, 2.45) is 5.73 Å². The highest BCUT2D eigenvalue weighted by Crippen LogP contribution is 2.25. The maximum atomic E-state index is 7.67. The van der Waals surface area contributed by atoms with Gasteiger partial charge >= 0.3 is 0 Å². The van der Waals surface area contributed by atoms with E-state index in [9.17, 15) is 0 Å². The second-order valence-electron chi connectivity index (χ2n) is 4.29. The van der Waals surface area contributed by atoms with Crippen LogP contribution < -0.4 is 10.6 Å². The van der Waals surface area contributed by atoms with Gasteiger partial charge in [-0.1, -0.05) is 15.9 Å². The quantitative estimate of drug-likeness (QED) is 0.664. The van der Waals surface area contributed by atoms with Crippen LogP contribution in [0.2, 0.25) is 0 Å². The molecule has 1 heterocycles. The highest BCUT2D eigenvalue weighted by molar-refractivity contribution is 9.10. The maximum Gasteiger partial charge on any atom is 0.124 e. The summed E-state index contributed by atoms with van der Waals surface area (Å²) in [6, 6.07) is 5.77. The zero-order chi connectivity index (χ0) is 14.0. The van der Waals surface area contributed by atoms with E-state index in [1.165, 1.54) is 0 Å². The summed E-state index contributed by atoms with van der Waals surface area (Å²) < 4.78 is 0.916. The normalized spacial score (nSPS) is 10.5. The molecule has 0 unspecified atom stereocenters. The Morgan fingerprint density at radius 3 is 2.84 bits per heavy atom. The van der Waals surface area contributed by atoms with Crippen LogP contribution in [0.1, 0.15) is 16.3 Å². The molecule has 0 bridgehead atoms. The molecule has 0 aliphatic carbocycles. The number of halogens is 1. The summed E-state index contributed by atoms with van der Waals surface area (Å²) in [5.41, 5.74) is 8.33. The average Bonchev–Trinajstić information content (AvgIpc) is 2.74. The fraction of sp³-hybridized carbons (Fsp3) is 0.231. The number of nitrogens with two attached hydrogens (primary N) is 1. The molecule has 0 saturated heterocycles.